The normalized spacial score (nSPS) is 16.1. The summed E-state index contributed by atoms with van der Waals surface area (Å²) in [4.78, 5) is 32.8. The summed E-state index contributed by atoms with van der Waals surface area (Å²) in [5.41, 5.74) is 1.80. The van der Waals surface area contributed by atoms with Crippen LogP contribution in [0, 0.1) is 5.92 Å². The number of nitrogens with zero attached hydrogens (tertiary/aromatic N) is 5. The molecule has 0 radical (unpaired) electrons. The van der Waals surface area contributed by atoms with E-state index in [2.05, 4.69) is 18.4 Å². The molecule has 1 aromatic carbocycles. The van der Waals surface area contributed by atoms with Gasteiger partial charge >= 0.3 is 5.69 Å². The van der Waals surface area contributed by atoms with Crippen LogP contribution >= 0.6 is 0 Å². The lowest BCUT2D eigenvalue weighted by Crippen LogP contribution is -2.40. The Morgan fingerprint density at radius 1 is 1.31 bits per heavy atom. The van der Waals surface area contributed by atoms with Crippen LogP contribution in [0.5, 0.6) is 5.75 Å². The Morgan fingerprint density at radius 2 is 2.07 bits per heavy atom. The van der Waals surface area contributed by atoms with Crippen molar-refractivity contribution in [1.29, 1.82) is 0 Å². The monoisotopic (exact) mass is 395 g/mol. The molecule has 0 saturated carbocycles. The van der Waals surface area contributed by atoms with E-state index in [0.29, 0.717) is 23.7 Å². The molecule has 29 heavy (non-hydrogen) atoms. The van der Waals surface area contributed by atoms with Crippen LogP contribution in [0.2, 0.25) is 0 Å². The highest BCUT2D eigenvalue weighted by atomic mass is 16.5. The average Bonchev–Trinajstić information content (AvgIpc) is 3.08. The number of aromatic nitrogens is 4. The first-order chi connectivity index (χ1) is 13.8. The summed E-state index contributed by atoms with van der Waals surface area (Å²) in [6, 6.07) is 7.75. The number of hydrogen-bond donors (Lipinski definition) is 0. The van der Waals surface area contributed by atoms with Gasteiger partial charge in [0.1, 0.15) is 5.75 Å². The van der Waals surface area contributed by atoms with Crippen LogP contribution in [0.15, 0.2) is 46.0 Å². The second-order valence-electron chi connectivity index (χ2n) is 7.80. The molecule has 1 aliphatic heterocycles. The Labute approximate surface area is 168 Å². The first kappa shape index (κ1) is 19.0. The number of rotatable bonds is 4. The van der Waals surface area contributed by atoms with Gasteiger partial charge in [-0.2, -0.15) is 4.98 Å². The minimum Gasteiger partial charge on any atom is -0.497 e. The molecule has 3 aromatic rings. The van der Waals surface area contributed by atoms with Crippen molar-refractivity contribution in [3.63, 3.8) is 0 Å². The third-order valence-electron chi connectivity index (χ3n) is 5.24. The van der Waals surface area contributed by atoms with Crippen molar-refractivity contribution in [2.24, 2.45) is 13.0 Å². The average molecular weight is 395 g/mol. The van der Waals surface area contributed by atoms with Crippen LogP contribution in [0.3, 0.4) is 0 Å². The van der Waals surface area contributed by atoms with Crippen LogP contribution in [0.1, 0.15) is 13.8 Å². The van der Waals surface area contributed by atoms with E-state index in [1.807, 2.05) is 28.8 Å². The van der Waals surface area contributed by atoms with E-state index in [1.165, 1.54) is 9.13 Å². The fourth-order valence-corrected chi connectivity index (χ4v) is 3.91. The number of benzene rings is 1. The van der Waals surface area contributed by atoms with Gasteiger partial charge in [0.2, 0.25) is 5.95 Å². The molecule has 152 valence electrons. The summed E-state index contributed by atoms with van der Waals surface area (Å²) in [6.07, 6.45) is 0. The number of ether oxygens (including phenoxy) is 1. The smallest absolute Gasteiger partial charge is 0.332 e. The molecule has 0 aliphatic carbocycles. The number of anilines is 2. The van der Waals surface area contributed by atoms with Gasteiger partial charge in [0, 0.05) is 31.9 Å². The van der Waals surface area contributed by atoms with Gasteiger partial charge in [-0.1, -0.05) is 25.1 Å². The number of hydrogen-bond acceptors (Lipinski definition) is 5. The van der Waals surface area contributed by atoms with E-state index in [0.717, 1.165) is 23.6 Å². The SMILES string of the molecule is C=C(C)Cn1c(=O)c2c(nc3n2C[C@H](C)CN3c2cccc(OC)c2)n(C)c1=O. The van der Waals surface area contributed by atoms with Crippen molar-refractivity contribution in [2.75, 3.05) is 18.6 Å². The standard InChI is InChI=1S/C21H25N5O3/c1-13(2)10-26-19(27)17-18(23(4)21(26)28)22-20-24(11-14(3)12-25(17)20)15-7-6-8-16(9-15)29-5/h6-9,14H,1,10-12H2,2-5H3/t14-/m1/s1. The number of imidazole rings is 1. The van der Waals surface area contributed by atoms with Gasteiger partial charge < -0.3 is 14.2 Å². The summed E-state index contributed by atoms with van der Waals surface area (Å²) in [7, 11) is 3.28. The van der Waals surface area contributed by atoms with Gasteiger partial charge in [-0.3, -0.25) is 13.9 Å². The Bertz CT molecular complexity index is 1230. The second kappa shape index (κ2) is 6.95. The third-order valence-corrected chi connectivity index (χ3v) is 5.24. The topological polar surface area (TPSA) is 74.3 Å². The molecule has 0 unspecified atom stereocenters. The molecule has 0 amide bonds. The summed E-state index contributed by atoms with van der Waals surface area (Å²) in [6.45, 7) is 9.39. The molecular weight excluding hydrogens is 370 g/mol. The summed E-state index contributed by atoms with van der Waals surface area (Å²) < 4.78 is 9.97. The zero-order valence-corrected chi connectivity index (χ0v) is 17.2. The highest BCUT2D eigenvalue weighted by Gasteiger charge is 2.30. The van der Waals surface area contributed by atoms with Crippen molar-refractivity contribution in [2.45, 2.75) is 26.9 Å². The highest BCUT2D eigenvalue weighted by Crippen LogP contribution is 2.34. The van der Waals surface area contributed by atoms with Gasteiger partial charge in [-0.05, 0) is 25.0 Å². The van der Waals surface area contributed by atoms with Crippen molar-refractivity contribution in [3.8, 4) is 5.75 Å². The Hall–Kier alpha value is -3.29. The Morgan fingerprint density at radius 3 is 2.76 bits per heavy atom. The molecule has 8 nitrogen and oxygen atoms in total. The maximum Gasteiger partial charge on any atom is 0.332 e. The van der Waals surface area contributed by atoms with Gasteiger partial charge in [0.05, 0.1) is 13.7 Å². The molecule has 1 aliphatic rings. The van der Waals surface area contributed by atoms with Crippen LogP contribution in [0.25, 0.3) is 11.2 Å². The molecule has 0 N–H and O–H groups in total. The van der Waals surface area contributed by atoms with Crippen LogP contribution in [0.4, 0.5) is 11.6 Å². The highest BCUT2D eigenvalue weighted by molar-refractivity contribution is 5.77. The summed E-state index contributed by atoms with van der Waals surface area (Å²) in [5, 5.41) is 0. The van der Waals surface area contributed by atoms with Crippen molar-refractivity contribution in [3.05, 3.63) is 57.3 Å². The summed E-state index contributed by atoms with van der Waals surface area (Å²) >= 11 is 0. The lowest BCUT2D eigenvalue weighted by molar-refractivity contribution is 0.414. The molecule has 2 aromatic heterocycles. The molecule has 0 saturated heterocycles. The van der Waals surface area contributed by atoms with E-state index in [1.54, 1.807) is 21.1 Å². The number of aryl methyl sites for hydroxylation is 1. The third kappa shape index (κ3) is 3.04. The van der Waals surface area contributed by atoms with Gasteiger partial charge in [-0.25, -0.2) is 4.79 Å². The van der Waals surface area contributed by atoms with Gasteiger partial charge in [-0.15, -0.1) is 0 Å². The minimum atomic E-state index is -0.387. The lowest BCUT2D eigenvalue weighted by atomic mass is 10.1. The molecule has 4 rings (SSSR count). The van der Waals surface area contributed by atoms with E-state index < -0.39 is 0 Å². The fourth-order valence-electron chi connectivity index (χ4n) is 3.91. The van der Waals surface area contributed by atoms with Gasteiger partial charge in [0.25, 0.3) is 5.56 Å². The molecule has 1 atom stereocenters. The second-order valence-corrected chi connectivity index (χ2v) is 7.80. The molecule has 0 fully saturated rings. The quantitative estimate of drug-likeness (QED) is 0.634. The first-order valence-electron chi connectivity index (χ1n) is 9.57. The first-order valence-corrected chi connectivity index (χ1v) is 9.57. The van der Waals surface area contributed by atoms with E-state index >= 15 is 0 Å². The Balaban J connectivity index is 1.99. The van der Waals surface area contributed by atoms with Crippen molar-refractivity contribution >= 4 is 22.8 Å². The molecule has 8 heteroatoms. The minimum absolute atomic E-state index is 0.192. The zero-order valence-electron chi connectivity index (χ0n) is 17.2. The number of methoxy groups -OCH3 is 1. The van der Waals surface area contributed by atoms with Crippen LogP contribution < -0.4 is 20.9 Å². The maximum absolute atomic E-state index is 13.2. The van der Waals surface area contributed by atoms with E-state index in [9.17, 15) is 9.59 Å². The zero-order chi connectivity index (χ0) is 20.9. The molecule has 0 bridgehead atoms. The Kier molecular flexibility index (Phi) is 4.56. The fraction of sp³-hybridized carbons (Fsp3) is 0.381. The van der Waals surface area contributed by atoms with Crippen LogP contribution in [-0.4, -0.2) is 32.3 Å². The van der Waals surface area contributed by atoms with E-state index in [-0.39, 0.29) is 23.7 Å². The largest absolute Gasteiger partial charge is 0.497 e. The summed E-state index contributed by atoms with van der Waals surface area (Å²) in [5.74, 6) is 1.70. The number of fused-ring (bicyclic) bond motifs is 3. The molecule has 3 heterocycles. The van der Waals surface area contributed by atoms with Crippen molar-refractivity contribution in [1.82, 2.24) is 18.7 Å². The van der Waals surface area contributed by atoms with Gasteiger partial charge in [0.15, 0.2) is 11.2 Å². The molecular formula is C21H25N5O3. The predicted molar refractivity (Wildman–Crippen MR) is 113 cm³/mol. The lowest BCUT2D eigenvalue weighted by Gasteiger charge is -2.33. The van der Waals surface area contributed by atoms with Crippen molar-refractivity contribution < 1.29 is 4.74 Å². The molecule has 0 spiro atoms. The van der Waals surface area contributed by atoms with E-state index in [4.69, 9.17) is 9.72 Å². The maximum atomic E-state index is 13.2. The predicted octanol–water partition coefficient (Wildman–Crippen LogP) is 2.27. The van der Waals surface area contributed by atoms with Crippen LogP contribution in [-0.2, 0) is 20.1 Å². The number of allylic oxidation sites excluding steroid dienone is 1.